The number of H-pyrrole nitrogens is 1. The number of sulfone groups is 1. The number of carbonyl (C=O) groups excluding carboxylic acids is 1. The van der Waals surface area contributed by atoms with E-state index in [9.17, 15) is 34.8 Å². The van der Waals surface area contributed by atoms with Gasteiger partial charge in [-0.05, 0) is 30.7 Å². The predicted octanol–water partition coefficient (Wildman–Crippen LogP) is 1.36. The Morgan fingerprint density at radius 3 is 2.41 bits per heavy atom. The van der Waals surface area contributed by atoms with Gasteiger partial charge in [-0.15, -0.1) is 13.2 Å². The van der Waals surface area contributed by atoms with E-state index in [-0.39, 0.29) is 28.2 Å². The van der Waals surface area contributed by atoms with Gasteiger partial charge in [0.05, 0.1) is 10.6 Å². The molecule has 1 amide bonds. The molecule has 0 atom stereocenters. The normalized spacial score (nSPS) is 16.0. The molecule has 0 saturated heterocycles. The largest absolute Gasteiger partial charge is 0.573 e. The van der Waals surface area contributed by atoms with E-state index < -0.39 is 42.9 Å². The highest BCUT2D eigenvalue weighted by molar-refractivity contribution is 7.92. The maximum absolute atomic E-state index is 12.4. The summed E-state index contributed by atoms with van der Waals surface area (Å²) in [6.45, 7) is 0. The van der Waals surface area contributed by atoms with Crippen LogP contribution in [0.1, 0.15) is 15.9 Å². The number of carbonyl (C=O) groups is 1. The van der Waals surface area contributed by atoms with Gasteiger partial charge in [0.15, 0.2) is 14.9 Å². The number of benzene rings is 1. The lowest BCUT2D eigenvalue weighted by Gasteiger charge is -2.10. The van der Waals surface area contributed by atoms with E-state index >= 15 is 0 Å². The monoisotopic (exact) mass is 424 g/mol. The van der Waals surface area contributed by atoms with Gasteiger partial charge >= 0.3 is 6.36 Å². The Morgan fingerprint density at radius 1 is 1.19 bits per heavy atom. The van der Waals surface area contributed by atoms with E-state index in [4.69, 9.17) is 0 Å². The number of nitrogens with one attached hydrogen (secondary N) is 2. The first-order chi connectivity index (χ1) is 12.4. The zero-order valence-electron chi connectivity index (χ0n) is 13.2. The third kappa shape index (κ3) is 3.93. The second-order valence-electron chi connectivity index (χ2n) is 5.54. The van der Waals surface area contributed by atoms with Gasteiger partial charge < -0.3 is 9.72 Å². The van der Waals surface area contributed by atoms with Crippen LogP contribution in [0.3, 0.4) is 0 Å². The molecule has 1 aliphatic rings. The van der Waals surface area contributed by atoms with E-state index in [1.54, 1.807) is 4.72 Å². The van der Waals surface area contributed by atoms with Crippen LogP contribution in [0, 0.1) is 0 Å². The number of aromatic amines is 1. The Bertz CT molecular complexity index is 1100. The minimum absolute atomic E-state index is 0.0188. The molecule has 3 rings (SSSR count). The highest BCUT2D eigenvalue weighted by Gasteiger charge is 2.35. The third-order valence-corrected chi connectivity index (χ3v) is 6.84. The van der Waals surface area contributed by atoms with Gasteiger partial charge in [-0.1, -0.05) is 0 Å². The molecule has 8 nitrogen and oxygen atoms in total. The van der Waals surface area contributed by atoms with E-state index in [0.29, 0.717) is 0 Å². The van der Waals surface area contributed by atoms with Gasteiger partial charge in [0, 0.05) is 17.3 Å². The van der Waals surface area contributed by atoms with Crippen LogP contribution in [-0.4, -0.2) is 39.8 Å². The molecule has 146 valence electrons. The van der Waals surface area contributed by atoms with Gasteiger partial charge in [0.2, 0.25) is 0 Å². The lowest BCUT2D eigenvalue weighted by atomic mass is 10.2. The fourth-order valence-corrected chi connectivity index (χ4v) is 5.35. The third-order valence-electron chi connectivity index (χ3n) is 3.71. The Labute approximate surface area is 151 Å². The summed E-state index contributed by atoms with van der Waals surface area (Å²) in [7, 11) is -7.97. The molecule has 0 radical (unpaired) electrons. The van der Waals surface area contributed by atoms with E-state index in [2.05, 4.69) is 9.72 Å². The number of sulfonamides is 1. The van der Waals surface area contributed by atoms with E-state index in [0.717, 1.165) is 30.5 Å². The maximum Gasteiger partial charge on any atom is 0.573 e. The molecule has 1 aliphatic heterocycles. The van der Waals surface area contributed by atoms with E-state index in [1.807, 2.05) is 0 Å². The molecule has 27 heavy (non-hydrogen) atoms. The SMILES string of the molecule is O=C(NS(=O)(=O)c1[nH]cc2c1CCS2(=O)=O)c1ccc(OC(F)(F)F)cc1. The number of aromatic nitrogens is 1. The van der Waals surface area contributed by atoms with Crippen molar-refractivity contribution in [2.24, 2.45) is 0 Å². The first-order valence-electron chi connectivity index (χ1n) is 7.25. The van der Waals surface area contributed by atoms with Crippen LogP contribution in [0.5, 0.6) is 5.75 Å². The van der Waals surface area contributed by atoms with E-state index in [1.165, 1.54) is 0 Å². The lowest BCUT2D eigenvalue weighted by molar-refractivity contribution is -0.274. The first-order valence-corrected chi connectivity index (χ1v) is 10.4. The van der Waals surface area contributed by atoms with Gasteiger partial charge in [0.25, 0.3) is 15.9 Å². The Kier molecular flexibility index (Phi) is 4.46. The Balaban J connectivity index is 1.80. The number of fused-ring (bicyclic) bond motifs is 1. The number of halogens is 3. The maximum atomic E-state index is 12.4. The van der Waals surface area contributed by atoms with Crippen molar-refractivity contribution in [2.45, 2.75) is 22.7 Å². The van der Waals surface area contributed by atoms with Crippen LogP contribution in [0.2, 0.25) is 0 Å². The smallest absolute Gasteiger partial charge is 0.406 e. The summed E-state index contributed by atoms with van der Waals surface area (Å²) in [5.74, 6) is -1.91. The molecule has 2 N–H and O–H groups in total. The molecule has 1 aromatic heterocycles. The topological polar surface area (TPSA) is 122 Å². The van der Waals surface area contributed by atoms with Gasteiger partial charge in [-0.25, -0.2) is 13.1 Å². The van der Waals surface area contributed by atoms with Crippen molar-refractivity contribution in [1.29, 1.82) is 0 Å². The standard InChI is InChI=1S/C14H11F3N2O6S2/c15-14(16,17)25-9-3-1-8(2-4-9)12(20)19-27(23,24)13-10-5-6-26(21,22)11(10)7-18-13/h1-4,7,18H,5-6H2,(H,19,20). The highest BCUT2D eigenvalue weighted by atomic mass is 32.2. The number of amides is 1. The zero-order valence-corrected chi connectivity index (χ0v) is 14.8. The highest BCUT2D eigenvalue weighted by Crippen LogP contribution is 2.31. The fourth-order valence-electron chi connectivity index (χ4n) is 2.56. The average Bonchev–Trinajstić information content (AvgIpc) is 3.08. The molecule has 2 heterocycles. The van der Waals surface area contributed by atoms with Crippen molar-refractivity contribution < 1.29 is 39.5 Å². The van der Waals surface area contributed by atoms with Crippen LogP contribution in [0.15, 0.2) is 40.4 Å². The summed E-state index contributed by atoms with van der Waals surface area (Å²) >= 11 is 0. The molecular weight excluding hydrogens is 413 g/mol. The lowest BCUT2D eigenvalue weighted by Crippen LogP contribution is -2.31. The molecule has 0 bridgehead atoms. The van der Waals surface area contributed by atoms with Crippen molar-refractivity contribution in [3.05, 3.63) is 41.6 Å². The summed E-state index contributed by atoms with van der Waals surface area (Å²) in [5, 5.41) is -0.441. The van der Waals surface area contributed by atoms with Crippen molar-refractivity contribution in [3.8, 4) is 5.75 Å². The second-order valence-corrected chi connectivity index (χ2v) is 9.23. The summed E-state index contributed by atoms with van der Waals surface area (Å²) in [4.78, 5) is 14.3. The van der Waals surface area contributed by atoms with Crippen LogP contribution in [-0.2, 0) is 26.3 Å². The van der Waals surface area contributed by atoms with Crippen LogP contribution < -0.4 is 9.46 Å². The number of rotatable bonds is 4. The summed E-state index contributed by atoms with van der Waals surface area (Å²) < 4.78 is 90.0. The van der Waals surface area contributed by atoms with Crippen molar-refractivity contribution in [3.63, 3.8) is 0 Å². The summed E-state index contributed by atoms with van der Waals surface area (Å²) in [6, 6.07) is 3.62. The number of alkyl halides is 3. The number of hydrogen-bond acceptors (Lipinski definition) is 6. The minimum atomic E-state index is -4.90. The van der Waals surface area contributed by atoms with Gasteiger partial charge in [0.1, 0.15) is 5.75 Å². The predicted molar refractivity (Wildman–Crippen MR) is 84.3 cm³/mol. The molecule has 13 heteroatoms. The minimum Gasteiger partial charge on any atom is -0.406 e. The second kappa shape index (κ2) is 6.27. The van der Waals surface area contributed by atoms with Gasteiger partial charge in [-0.2, -0.15) is 8.42 Å². The molecule has 0 aliphatic carbocycles. The van der Waals surface area contributed by atoms with Crippen LogP contribution >= 0.6 is 0 Å². The average molecular weight is 424 g/mol. The summed E-state index contributed by atoms with van der Waals surface area (Å²) in [6.07, 6.45) is -3.88. The molecule has 0 unspecified atom stereocenters. The molecular formula is C14H11F3N2O6S2. The van der Waals surface area contributed by atoms with Crippen LogP contribution in [0.25, 0.3) is 0 Å². The number of ether oxygens (including phenoxy) is 1. The Morgan fingerprint density at radius 2 is 1.81 bits per heavy atom. The van der Waals surface area contributed by atoms with Crippen molar-refractivity contribution in [1.82, 2.24) is 9.71 Å². The quantitative estimate of drug-likeness (QED) is 0.764. The van der Waals surface area contributed by atoms with Crippen molar-refractivity contribution >= 4 is 25.8 Å². The summed E-state index contributed by atoms with van der Waals surface area (Å²) in [5.41, 5.74) is -0.173. The fraction of sp³-hybridized carbons (Fsp3) is 0.214. The molecule has 0 spiro atoms. The molecule has 0 fully saturated rings. The zero-order chi connectivity index (χ0) is 20.0. The van der Waals surface area contributed by atoms with Crippen LogP contribution in [0.4, 0.5) is 13.2 Å². The van der Waals surface area contributed by atoms with Gasteiger partial charge in [-0.3, -0.25) is 4.79 Å². The first kappa shape index (κ1) is 19.2. The van der Waals surface area contributed by atoms with Crippen molar-refractivity contribution in [2.75, 3.05) is 5.75 Å². The Hall–Kier alpha value is -2.54. The molecule has 2 aromatic rings. The molecule has 1 aromatic carbocycles. The molecule has 0 saturated carbocycles. The number of hydrogen-bond donors (Lipinski definition) is 2.